The van der Waals surface area contributed by atoms with Gasteiger partial charge in [0.1, 0.15) is 0 Å². The van der Waals surface area contributed by atoms with Gasteiger partial charge >= 0.3 is 0 Å². The van der Waals surface area contributed by atoms with E-state index in [0.29, 0.717) is 11.4 Å². The first-order chi connectivity index (χ1) is 13.2. The lowest BCUT2D eigenvalue weighted by Crippen LogP contribution is -2.03. The third kappa shape index (κ3) is 2.47. The van der Waals surface area contributed by atoms with E-state index >= 15 is 0 Å². The normalized spacial score (nSPS) is 11.5. The van der Waals surface area contributed by atoms with Crippen molar-refractivity contribution in [3.05, 3.63) is 77.9 Å². The molecule has 3 aromatic carbocycles. The molecule has 5 rings (SSSR count). The van der Waals surface area contributed by atoms with Gasteiger partial charge in [-0.05, 0) is 35.5 Å². The summed E-state index contributed by atoms with van der Waals surface area (Å²) in [5.74, 6) is -1.15. The maximum absolute atomic E-state index is 14.2. The Hall–Kier alpha value is -3.61. The van der Waals surface area contributed by atoms with E-state index in [1.165, 1.54) is 6.07 Å². The quantitative estimate of drug-likeness (QED) is 0.521. The Morgan fingerprint density at radius 1 is 0.889 bits per heavy atom. The number of H-pyrrole nitrogens is 1. The Bertz CT molecular complexity index is 1270. The molecule has 7 heteroatoms. The van der Waals surface area contributed by atoms with Crippen LogP contribution in [0, 0.1) is 11.6 Å². The molecule has 0 atom stereocenters. The van der Waals surface area contributed by atoms with Crippen LogP contribution in [0.25, 0.3) is 33.2 Å². The third-order valence-electron chi connectivity index (χ3n) is 4.74. The highest BCUT2D eigenvalue weighted by atomic mass is 19.2. The molecular weight excluding hydrogens is 348 g/mol. The molecule has 0 aliphatic heterocycles. The van der Waals surface area contributed by atoms with Crippen molar-refractivity contribution in [2.24, 2.45) is 0 Å². The highest BCUT2D eigenvalue weighted by Gasteiger charge is 2.15. The van der Waals surface area contributed by atoms with Crippen LogP contribution in [-0.4, -0.2) is 25.2 Å². The number of aromatic nitrogens is 5. The molecule has 0 radical (unpaired) electrons. The van der Waals surface area contributed by atoms with Crippen LogP contribution < -0.4 is 0 Å². The zero-order chi connectivity index (χ0) is 18.4. The summed E-state index contributed by atoms with van der Waals surface area (Å²) in [6, 6.07) is 17.9. The number of hydrogen-bond acceptors (Lipinski definition) is 3. The lowest BCUT2D eigenvalue weighted by Gasteiger charge is -2.09. The van der Waals surface area contributed by atoms with E-state index in [4.69, 9.17) is 0 Å². The van der Waals surface area contributed by atoms with Crippen molar-refractivity contribution in [1.82, 2.24) is 25.2 Å². The van der Waals surface area contributed by atoms with Gasteiger partial charge in [-0.2, -0.15) is 5.21 Å². The smallest absolute Gasteiger partial charge is 0.204 e. The van der Waals surface area contributed by atoms with E-state index in [-0.39, 0.29) is 6.54 Å². The number of fused-ring (bicyclic) bond motifs is 3. The molecule has 5 nitrogen and oxygen atoms in total. The third-order valence-corrected chi connectivity index (χ3v) is 4.74. The number of tetrazole rings is 1. The molecule has 2 aromatic heterocycles. The number of benzene rings is 3. The average molecular weight is 361 g/mol. The highest BCUT2D eigenvalue weighted by molar-refractivity contribution is 6.09. The highest BCUT2D eigenvalue weighted by Crippen LogP contribution is 2.32. The van der Waals surface area contributed by atoms with Gasteiger partial charge in [0.2, 0.25) is 5.82 Å². The number of halogens is 2. The molecule has 5 aromatic rings. The molecule has 0 aliphatic carbocycles. The Morgan fingerprint density at radius 2 is 1.74 bits per heavy atom. The van der Waals surface area contributed by atoms with Gasteiger partial charge in [-0.3, -0.25) is 0 Å². The molecule has 0 amide bonds. The van der Waals surface area contributed by atoms with Crippen LogP contribution in [0.2, 0.25) is 0 Å². The molecule has 132 valence electrons. The van der Waals surface area contributed by atoms with Crippen molar-refractivity contribution in [2.45, 2.75) is 6.54 Å². The summed E-state index contributed by atoms with van der Waals surface area (Å²) in [7, 11) is 0. The molecule has 0 saturated heterocycles. The molecule has 0 aliphatic rings. The number of para-hydroxylation sites is 1. The number of rotatable bonds is 3. The first kappa shape index (κ1) is 15.6. The van der Waals surface area contributed by atoms with E-state index in [9.17, 15) is 8.78 Å². The minimum Gasteiger partial charge on any atom is -0.336 e. The van der Waals surface area contributed by atoms with Gasteiger partial charge < -0.3 is 4.57 Å². The molecule has 0 saturated carbocycles. The van der Waals surface area contributed by atoms with Crippen LogP contribution in [0.1, 0.15) is 5.56 Å². The van der Waals surface area contributed by atoms with Gasteiger partial charge in [-0.25, -0.2) is 8.78 Å². The molecule has 0 spiro atoms. The Kier molecular flexibility index (Phi) is 3.46. The minimum absolute atomic E-state index is 0.231. The Labute approximate surface area is 152 Å². The maximum Gasteiger partial charge on any atom is 0.204 e. The fraction of sp³-hybridized carbons (Fsp3) is 0.0500. The summed E-state index contributed by atoms with van der Waals surface area (Å²) in [6.45, 7) is 0.231. The van der Waals surface area contributed by atoms with E-state index in [1.807, 2.05) is 47.0 Å². The van der Waals surface area contributed by atoms with Gasteiger partial charge in [0.25, 0.3) is 0 Å². The largest absolute Gasteiger partial charge is 0.336 e. The van der Waals surface area contributed by atoms with E-state index in [1.54, 1.807) is 6.07 Å². The molecule has 0 unspecified atom stereocenters. The standard InChI is InChI=1S/C20H13F2N5/c21-16-6-3-4-13(19(16)22)11-27-17-7-2-1-5-14(17)15-10-12(8-9-18(15)27)20-23-25-26-24-20/h1-10H,11H2,(H,23,24,25,26). The van der Waals surface area contributed by atoms with Crippen LogP contribution in [-0.2, 0) is 6.54 Å². The van der Waals surface area contributed by atoms with E-state index < -0.39 is 11.6 Å². The SMILES string of the molecule is Fc1cccc(Cn2c3ccccc3c3cc(-c4nn[nH]n4)ccc32)c1F. The predicted octanol–water partition coefficient (Wildman–Crippen LogP) is 4.30. The van der Waals surface area contributed by atoms with Crippen molar-refractivity contribution >= 4 is 21.8 Å². The first-order valence-electron chi connectivity index (χ1n) is 8.40. The van der Waals surface area contributed by atoms with Crippen LogP contribution in [0.3, 0.4) is 0 Å². The number of nitrogens with one attached hydrogen (secondary N) is 1. The van der Waals surface area contributed by atoms with Crippen molar-refractivity contribution in [3.8, 4) is 11.4 Å². The van der Waals surface area contributed by atoms with Crippen molar-refractivity contribution in [1.29, 1.82) is 0 Å². The van der Waals surface area contributed by atoms with Crippen LogP contribution in [0.15, 0.2) is 60.7 Å². The van der Waals surface area contributed by atoms with Gasteiger partial charge in [0.15, 0.2) is 11.6 Å². The summed E-state index contributed by atoms with van der Waals surface area (Å²) in [5.41, 5.74) is 3.00. The van der Waals surface area contributed by atoms with Crippen LogP contribution >= 0.6 is 0 Å². The number of hydrogen-bond donors (Lipinski definition) is 1. The minimum atomic E-state index is -0.840. The van der Waals surface area contributed by atoms with Crippen LogP contribution in [0.5, 0.6) is 0 Å². The molecule has 0 fully saturated rings. The monoisotopic (exact) mass is 361 g/mol. The zero-order valence-corrected chi connectivity index (χ0v) is 14.0. The zero-order valence-electron chi connectivity index (χ0n) is 14.0. The van der Waals surface area contributed by atoms with E-state index in [2.05, 4.69) is 20.6 Å². The molecule has 1 N–H and O–H groups in total. The van der Waals surface area contributed by atoms with Crippen molar-refractivity contribution in [3.63, 3.8) is 0 Å². The lowest BCUT2D eigenvalue weighted by atomic mass is 10.1. The summed E-state index contributed by atoms with van der Waals surface area (Å²) < 4.78 is 29.9. The van der Waals surface area contributed by atoms with Gasteiger partial charge in [0.05, 0.1) is 6.54 Å². The summed E-state index contributed by atoms with van der Waals surface area (Å²) in [5, 5.41) is 16.1. The second-order valence-corrected chi connectivity index (χ2v) is 6.28. The molecule has 27 heavy (non-hydrogen) atoms. The van der Waals surface area contributed by atoms with Gasteiger partial charge in [-0.15, -0.1) is 10.2 Å². The van der Waals surface area contributed by atoms with Gasteiger partial charge in [0, 0.05) is 32.9 Å². The predicted molar refractivity (Wildman–Crippen MR) is 98.1 cm³/mol. The van der Waals surface area contributed by atoms with Gasteiger partial charge in [-0.1, -0.05) is 30.3 Å². The summed E-state index contributed by atoms with van der Waals surface area (Å²) in [6.07, 6.45) is 0. The Balaban J connectivity index is 1.74. The number of aromatic amines is 1. The molecular formula is C20H13F2N5. The van der Waals surface area contributed by atoms with Crippen molar-refractivity contribution < 1.29 is 8.78 Å². The second-order valence-electron chi connectivity index (χ2n) is 6.28. The summed E-state index contributed by atoms with van der Waals surface area (Å²) in [4.78, 5) is 0. The first-order valence-corrected chi connectivity index (χ1v) is 8.40. The fourth-order valence-electron chi connectivity index (χ4n) is 3.49. The lowest BCUT2D eigenvalue weighted by molar-refractivity contribution is 0.496. The average Bonchev–Trinajstić information content (AvgIpc) is 3.33. The summed E-state index contributed by atoms with van der Waals surface area (Å²) >= 11 is 0. The molecule has 0 bridgehead atoms. The number of nitrogens with zero attached hydrogens (tertiary/aromatic N) is 4. The van der Waals surface area contributed by atoms with E-state index in [0.717, 1.165) is 33.4 Å². The van der Waals surface area contributed by atoms with Crippen LogP contribution in [0.4, 0.5) is 8.78 Å². The molecule has 2 heterocycles. The Morgan fingerprint density at radius 3 is 2.59 bits per heavy atom. The topological polar surface area (TPSA) is 59.4 Å². The maximum atomic E-state index is 14.2. The fourth-order valence-corrected chi connectivity index (χ4v) is 3.49. The second kappa shape index (κ2) is 5.98. The van der Waals surface area contributed by atoms with Crippen molar-refractivity contribution in [2.75, 3.05) is 0 Å².